The summed E-state index contributed by atoms with van der Waals surface area (Å²) in [5.74, 6) is -0.187. The van der Waals surface area contributed by atoms with Gasteiger partial charge in [-0.25, -0.2) is 0 Å². The van der Waals surface area contributed by atoms with Crippen molar-refractivity contribution >= 4 is 23.3 Å². The van der Waals surface area contributed by atoms with Gasteiger partial charge in [0.25, 0.3) is 0 Å². The highest BCUT2D eigenvalue weighted by Gasteiger charge is 2.69. The van der Waals surface area contributed by atoms with E-state index in [2.05, 4.69) is 6.92 Å². The largest absolute Gasteiger partial charge is 0.458 e. The number of hydrogen-bond donors (Lipinski definition) is 1. The number of esters is 1. The SMILES string of the molecule is CC(=O)OCC(=O)[C@@]1(O)CC[C@H]2[C@@H]3CCC4CC(=O)CC[C@]4(C)[C@H]3C(=O)C[C@@]21C. The summed E-state index contributed by atoms with van der Waals surface area (Å²) < 4.78 is 4.87. The monoisotopic (exact) mass is 404 g/mol. The molecule has 0 aliphatic heterocycles. The van der Waals surface area contributed by atoms with Gasteiger partial charge in [0.05, 0.1) is 0 Å². The van der Waals surface area contributed by atoms with Crippen molar-refractivity contribution in [1.82, 2.24) is 0 Å². The van der Waals surface area contributed by atoms with E-state index in [-0.39, 0.29) is 41.3 Å². The maximum atomic E-state index is 13.5. The van der Waals surface area contributed by atoms with Crippen LogP contribution in [0.3, 0.4) is 0 Å². The van der Waals surface area contributed by atoms with Gasteiger partial charge >= 0.3 is 5.97 Å². The van der Waals surface area contributed by atoms with Crippen molar-refractivity contribution in [1.29, 1.82) is 0 Å². The lowest BCUT2D eigenvalue weighted by molar-refractivity contribution is -0.180. The predicted octanol–water partition coefficient (Wildman–Crippen LogP) is 2.64. The standard InChI is InChI=1S/C23H32O6/c1-13(24)29-12-19(27)23(28)9-7-17-16-5-4-14-10-15(25)6-8-21(14,2)20(16)18(26)11-22(17,23)3/h14,16-17,20,28H,4-12H2,1-3H3/t14?,16-,17-,20+,21-,22-,23-/m0/s1. The van der Waals surface area contributed by atoms with Crippen molar-refractivity contribution in [2.75, 3.05) is 6.61 Å². The third-order valence-corrected chi connectivity index (χ3v) is 9.19. The van der Waals surface area contributed by atoms with E-state index in [4.69, 9.17) is 4.74 Å². The van der Waals surface area contributed by atoms with Crippen molar-refractivity contribution in [3.8, 4) is 0 Å². The maximum absolute atomic E-state index is 13.5. The van der Waals surface area contributed by atoms with Crippen LogP contribution in [-0.4, -0.2) is 40.6 Å². The molecule has 0 saturated heterocycles. The Morgan fingerprint density at radius 3 is 2.55 bits per heavy atom. The first-order valence-corrected chi connectivity index (χ1v) is 11.0. The predicted molar refractivity (Wildman–Crippen MR) is 104 cm³/mol. The number of carbonyl (C=O) groups is 4. The summed E-state index contributed by atoms with van der Waals surface area (Å²) in [4.78, 5) is 49.5. The molecule has 4 aliphatic rings. The molecule has 0 spiro atoms. The van der Waals surface area contributed by atoms with E-state index >= 15 is 0 Å². The summed E-state index contributed by atoms with van der Waals surface area (Å²) >= 11 is 0. The van der Waals surface area contributed by atoms with Crippen molar-refractivity contribution in [2.24, 2.45) is 34.5 Å². The molecule has 4 saturated carbocycles. The second-order valence-corrected chi connectivity index (χ2v) is 10.4. The Balaban J connectivity index is 1.64. The van der Waals surface area contributed by atoms with E-state index in [1.54, 1.807) is 0 Å². The van der Waals surface area contributed by atoms with Gasteiger partial charge < -0.3 is 9.84 Å². The Labute approximate surface area is 171 Å². The number of carbonyl (C=O) groups excluding carboxylic acids is 4. The van der Waals surface area contributed by atoms with Gasteiger partial charge in [0.15, 0.2) is 6.61 Å². The first kappa shape index (κ1) is 20.7. The number of aliphatic hydroxyl groups is 1. The van der Waals surface area contributed by atoms with Crippen LogP contribution in [-0.2, 0) is 23.9 Å². The van der Waals surface area contributed by atoms with Crippen molar-refractivity contribution in [3.63, 3.8) is 0 Å². The quantitative estimate of drug-likeness (QED) is 0.726. The number of ketones is 3. The van der Waals surface area contributed by atoms with Crippen LogP contribution in [0.25, 0.3) is 0 Å². The van der Waals surface area contributed by atoms with Crippen LogP contribution in [0.1, 0.15) is 72.1 Å². The number of ether oxygens (including phenoxy) is 1. The summed E-state index contributed by atoms with van der Waals surface area (Å²) in [7, 11) is 0. The Kier molecular flexibility index (Phi) is 4.80. The van der Waals surface area contributed by atoms with E-state index in [1.165, 1.54) is 6.92 Å². The summed E-state index contributed by atoms with van der Waals surface area (Å²) in [6, 6.07) is 0. The normalized spacial score (nSPS) is 46.5. The van der Waals surface area contributed by atoms with Crippen LogP contribution in [0, 0.1) is 34.5 Å². The third kappa shape index (κ3) is 2.85. The second-order valence-electron chi connectivity index (χ2n) is 10.4. The molecule has 4 fully saturated rings. The molecule has 7 atom stereocenters. The molecule has 6 heteroatoms. The Hall–Kier alpha value is -1.56. The van der Waals surface area contributed by atoms with Gasteiger partial charge in [-0.1, -0.05) is 13.8 Å². The van der Waals surface area contributed by atoms with Crippen molar-refractivity contribution in [3.05, 3.63) is 0 Å². The van der Waals surface area contributed by atoms with E-state index in [1.807, 2.05) is 6.92 Å². The molecule has 0 bridgehead atoms. The topological polar surface area (TPSA) is 97.7 Å². The lowest BCUT2D eigenvalue weighted by Gasteiger charge is -2.59. The smallest absolute Gasteiger partial charge is 0.303 e. The maximum Gasteiger partial charge on any atom is 0.303 e. The van der Waals surface area contributed by atoms with E-state index < -0.39 is 29.4 Å². The molecule has 1 N–H and O–H groups in total. The molecule has 29 heavy (non-hydrogen) atoms. The molecule has 0 amide bonds. The molecule has 0 aromatic carbocycles. The molecule has 4 rings (SSSR count). The molecule has 0 aromatic rings. The van der Waals surface area contributed by atoms with Gasteiger partial charge in [0, 0.05) is 37.5 Å². The van der Waals surface area contributed by atoms with Crippen LogP contribution in [0.2, 0.25) is 0 Å². The number of fused-ring (bicyclic) bond motifs is 5. The van der Waals surface area contributed by atoms with Crippen molar-refractivity contribution < 1.29 is 29.0 Å². The molecular formula is C23H32O6. The highest BCUT2D eigenvalue weighted by molar-refractivity contribution is 5.93. The van der Waals surface area contributed by atoms with E-state index in [9.17, 15) is 24.3 Å². The first-order chi connectivity index (χ1) is 13.5. The lowest BCUT2D eigenvalue weighted by Crippen LogP contribution is -2.62. The van der Waals surface area contributed by atoms with E-state index in [0.29, 0.717) is 31.5 Å². The number of Topliss-reactive ketones (excluding diaryl/α,β-unsaturated/α-hetero) is 3. The third-order valence-electron chi connectivity index (χ3n) is 9.19. The summed E-state index contributed by atoms with van der Waals surface area (Å²) in [6.07, 6.45) is 4.90. The van der Waals surface area contributed by atoms with Crippen LogP contribution < -0.4 is 0 Å². The van der Waals surface area contributed by atoms with Gasteiger partial charge in [-0.3, -0.25) is 19.2 Å². The Morgan fingerprint density at radius 2 is 1.86 bits per heavy atom. The molecule has 6 nitrogen and oxygen atoms in total. The zero-order valence-electron chi connectivity index (χ0n) is 17.7. The van der Waals surface area contributed by atoms with Gasteiger partial charge in [-0.15, -0.1) is 0 Å². The average Bonchev–Trinajstić information content (AvgIpc) is 2.91. The molecule has 0 heterocycles. The van der Waals surface area contributed by atoms with Gasteiger partial charge in [-0.2, -0.15) is 0 Å². The summed E-state index contributed by atoms with van der Waals surface area (Å²) in [5, 5.41) is 11.4. The van der Waals surface area contributed by atoms with Crippen molar-refractivity contribution in [2.45, 2.75) is 77.7 Å². The number of hydrogen-bond acceptors (Lipinski definition) is 6. The molecule has 0 aromatic heterocycles. The molecular weight excluding hydrogens is 372 g/mol. The Bertz CT molecular complexity index is 773. The number of rotatable bonds is 3. The summed E-state index contributed by atoms with van der Waals surface area (Å²) in [5.41, 5.74) is -2.61. The molecule has 160 valence electrons. The molecule has 1 unspecified atom stereocenters. The highest BCUT2D eigenvalue weighted by Crippen LogP contribution is 2.67. The van der Waals surface area contributed by atoms with Crippen LogP contribution in [0.15, 0.2) is 0 Å². The Morgan fingerprint density at radius 1 is 1.14 bits per heavy atom. The lowest BCUT2D eigenvalue weighted by atomic mass is 9.44. The molecule has 0 radical (unpaired) electrons. The summed E-state index contributed by atoms with van der Waals surface area (Å²) in [6.45, 7) is 4.86. The zero-order chi connectivity index (χ0) is 21.2. The highest BCUT2D eigenvalue weighted by atomic mass is 16.5. The first-order valence-electron chi connectivity index (χ1n) is 11.0. The van der Waals surface area contributed by atoms with E-state index in [0.717, 1.165) is 19.3 Å². The van der Waals surface area contributed by atoms with Crippen LogP contribution >= 0.6 is 0 Å². The minimum Gasteiger partial charge on any atom is -0.458 e. The molecule has 4 aliphatic carbocycles. The zero-order valence-corrected chi connectivity index (χ0v) is 17.7. The van der Waals surface area contributed by atoms with Crippen LogP contribution in [0.5, 0.6) is 0 Å². The second kappa shape index (κ2) is 6.73. The average molecular weight is 405 g/mol. The minimum atomic E-state index is -1.63. The minimum absolute atomic E-state index is 0.0849. The fourth-order valence-electron chi connectivity index (χ4n) is 7.61. The van der Waals surface area contributed by atoms with Gasteiger partial charge in [0.2, 0.25) is 5.78 Å². The van der Waals surface area contributed by atoms with Gasteiger partial charge in [0.1, 0.15) is 17.2 Å². The fraction of sp³-hybridized carbons (Fsp3) is 0.826. The fourth-order valence-corrected chi connectivity index (χ4v) is 7.61. The van der Waals surface area contributed by atoms with Crippen LogP contribution in [0.4, 0.5) is 0 Å². The van der Waals surface area contributed by atoms with Gasteiger partial charge in [-0.05, 0) is 55.3 Å².